The van der Waals surface area contributed by atoms with Gasteiger partial charge in [0.05, 0.1) is 6.61 Å². The maximum atomic E-state index is 14.0. The van der Waals surface area contributed by atoms with Gasteiger partial charge in [-0.1, -0.05) is 57.2 Å². The van der Waals surface area contributed by atoms with Crippen LogP contribution in [0.2, 0.25) is 0 Å². The van der Waals surface area contributed by atoms with Crippen LogP contribution in [-0.4, -0.2) is 90.8 Å². The van der Waals surface area contributed by atoms with Gasteiger partial charge < -0.3 is 24.8 Å². The smallest absolute Gasteiger partial charge is 0.410 e. The van der Waals surface area contributed by atoms with Crippen molar-refractivity contribution in [3.8, 4) is 0 Å². The number of hydrogen-bond donors (Lipinski definition) is 2. The van der Waals surface area contributed by atoms with Crippen molar-refractivity contribution in [2.24, 2.45) is 5.92 Å². The number of likely N-dealkylation sites (N-methyl/N-ethyl adjacent to an activating group) is 2. The third-order valence-corrected chi connectivity index (χ3v) is 6.47. The zero-order chi connectivity index (χ0) is 30.1. The lowest BCUT2D eigenvalue weighted by atomic mass is 9.76. The molecule has 1 rings (SSSR count). The molecule has 10 heteroatoms. The van der Waals surface area contributed by atoms with Crippen LogP contribution in [0.25, 0.3) is 0 Å². The fourth-order valence-electron chi connectivity index (χ4n) is 4.18. The Labute approximate surface area is 232 Å². The highest BCUT2D eigenvalue weighted by Gasteiger charge is 2.44. The van der Waals surface area contributed by atoms with Crippen LogP contribution in [0, 0.1) is 5.92 Å². The Hall–Kier alpha value is -3.40. The molecule has 39 heavy (non-hydrogen) atoms. The summed E-state index contributed by atoms with van der Waals surface area (Å²) in [6, 6.07) is 7.29. The van der Waals surface area contributed by atoms with Gasteiger partial charge in [0.1, 0.15) is 17.7 Å². The minimum Gasteiger partial charge on any atom is -0.478 e. The summed E-state index contributed by atoms with van der Waals surface area (Å²) in [6.45, 7) is 12.4. The highest BCUT2D eigenvalue weighted by atomic mass is 16.6. The zero-order valence-electron chi connectivity index (χ0n) is 24.9. The van der Waals surface area contributed by atoms with Crippen molar-refractivity contribution >= 4 is 23.9 Å². The van der Waals surface area contributed by atoms with E-state index in [2.05, 4.69) is 5.32 Å². The fourth-order valence-corrected chi connectivity index (χ4v) is 4.18. The van der Waals surface area contributed by atoms with Crippen LogP contribution in [0.1, 0.15) is 54.0 Å². The van der Waals surface area contributed by atoms with Gasteiger partial charge in [-0.2, -0.15) is 0 Å². The van der Waals surface area contributed by atoms with E-state index >= 15 is 0 Å². The van der Waals surface area contributed by atoms with E-state index in [-0.39, 0.29) is 18.7 Å². The van der Waals surface area contributed by atoms with Crippen molar-refractivity contribution in [1.82, 2.24) is 15.1 Å². The maximum Gasteiger partial charge on any atom is 0.410 e. The first-order chi connectivity index (χ1) is 17.9. The molecule has 1 aromatic rings. The lowest BCUT2D eigenvalue weighted by Crippen LogP contribution is -2.61. The van der Waals surface area contributed by atoms with Crippen LogP contribution in [0.5, 0.6) is 0 Å². The molecule has 1 aromatic carbocycles. The number of rotatable bonds is 12. The first-order valence-electron chi connectivity index (χ1n) is 12.9. The van der Waals surface area contributed by atoms with Crippen molar-refractivity contribution in [2.75, 3.05) is 34.4 Å². The molecule has 10 nitrogen and oxygen atoms in total. The van der Waals surface area contributed by atoms with Gasteiger partial charge in [0.15, 0.2) is 0 Å². The number of carboxylic acid groups (broad SMARTS) is 1. The largest absolute Gasteiger partial charge is 0.478 e. The SMILES string of the molecule is COCC(C)C(NC(=O)C(N(C)C(=O)OC(C)(C)C)C(C)(C)c1ccccc1)C(=O)N(C)C/C=C(\C)C(=O)O. The Bertz CT molecular complexity index is 1030. The van der Waals surface area contributed by atoms with Crippen molar-refractivity contribution in [2.45, 2.75) is 71.6 Å². The van der Waals surface area contributed by atoms with Gasteiger partial charge in [0, 0.05) is 44.7 Å². The molecule has 0 aliphatic heterocycles. The number of carboxylic acids is 1. The molecule has 0 heterocycles. The molecule has 0 saturated carbocycles. The molecule has 0 aromatic heterocycles. The number of amides is 3. The summed E-state index contributed by atoms with van der Waals surface area (Å²) < 4.78 is 10.8. The van der Waals surface area contributed by atoms with Crippen molar-refractivity contribution in [3.05, 3.63) is 47.5 Å². The second-order valence-electron chi connectivity index (χ2n) is 11.4. The van der Waals surface area contributed by atoms with Gasteiger partial charge in [-0.05, 0) is 33.3 Å². The van der Waals surface area contributed by atoms with E-state index in [1.165, 1.54) is 44.0 Å². The summed E-state index contributed by atoms with van der Waals surface area (Å²) in [7, 11) is 4.54. The third kappa shape index (κ3) is 9.69. The summed E-state index contributed by atoms with van der Waals surface area (Å²) in [6.07, 6.45) is 0.753. The van der Waals surface area contributed by atoms with E-state index in [9.17, 15) is 19.2 Å². The summed E-state index contributed by atoms with van der Waals surface area (Å²) in [5, 5.41) is 12.0. The van der Waals surface area contributed by atoms with Crippen molar-refractivity contribution in [1.29, 1.82) is 0 Å². The molecule has 0 aliphatic rings. The minimum absolute atomic E-state index is 0.0415. The summed E-state index contributed by atoms with van der Waals surface area (Å²) >= 11 is 0. The predicted molar refractivity (Wildman–Crippen MR) is 149 cm³/mol. The zero-order valence-corrected chi connectivity index (χ0v) is 24.9. The lowest BCUT2D eigenvalue weighted by molar-refractivity contribution is -0.139. The summed E-state index contributed by atoms with van der Waals surface area (Å²) in [4.78, 5) is 54.4. The number of nitrogens with one attached hydrogen (secondary N) is 1. The molecule has 0 saturated heterocycles. The highest BCUT2D eigenvalue weighted by molar-refractivity contribution is 5.92. The Balaban J connectivity index is 3.46. The number of nitrogens with zero attached hydrogens (tertiary/aromatic N) is 2. The van der Waals surface area contributed by atoms with Crippen LogP contribution in [0.15, 0.2) is 42.0 Å². The van der Waals surface area contributed by atoms with Gasteiger partial charge in [-0.25, -0.2) is 9.59 Å². The van der Waals surface area contributed by atoms with Crippen LogP contribution in [-0.2, 0) is 29.3 Å². The molecule has 0 aliphatic carbocycles. The summed E-state index contributed by atoms with van der Waals surface area (Å²) in [5.74, 6) is -2.46. The van der Waals surface area contributed by atoms with Gasteiger partial charge in [0.2, 0.25) is 11.8 Å². The Morgan fingerprint density at radius 1 is 1.05 bits per heavy atom. The normalized spacial score (nSPS) is 14.6. The first-order valence-corrected chi connectivity index (χ1v) is 12.9. The number of benzene rings is 1. The Morgan fingerprint density at radius 2 is 1.62 bits per heavy atom. The van der Waals surface area contributed by atoms with Gasteiger partial charge in [-0.3, -0.25) is 14.5 Å². The molecule has 218 valence electrons. The van der Waals surface area contributed by atoms with Crippen LogP contribution in [0.4, 0.5) is 4.79 Å². The summed E-state index contributed by atoms with van der Waals surface area (Å²) in [5.41, 5.74) is -0.731. The molecule has 0 radical (unpaired) electrons. The standard InChI is InChI=1S/C29H45N3O7/c1-19(26(35)36)16-17-31(8)25(34)22(20(2)18-38-10)30-24(33)23(32(9)27(37)39-28(3,4)5)29(6,7)21-14-12-11-13-15-21/h11-16,20,22-23H,17-18H2,1-10H3,(H,30,33)(H,35,36)/b19-16+. The third-order valence-electron chi connectivity index (χ3n) is 6.47. The molecule has 0 spiro atoms. The van der Waals surface area contributed by atoms with E-state index in [0.29, 0.717) is 0 Å². The van der Waals surface area contributed by atoms with Gasteiger partial charge in [-0.15, -0.1) is 0 Å². The van der Waals surface area contributed by atoms with Crippen LogP contribution in [0.3, 0.4) is 0 Å². The molecule has 3 unspecified atom stereocenters. The van der Waals surface area contributed by atoms with Crippen molar-refractivity contribution < 1.29 is 33.8 Å². The number of methoxy groups -OCH3 is 1. The number of ether oxygens (including phenoxy) is 2. The Kier molecular flexibility index (Phi) is 12.2. The first kappa shape index (κ1) is 33.6. The maximum absolute atomic E-state index is 14.0. The fraction of sp³-hybridized carbons (Fsp3) is 0.586. The molecule has 2 N–H and O–H groups in total. The number of hydrogen-bond acceptors (Lipinski definition) is 6. The average molecular weight is 548 g/mol. The topological polar surface area (TPSA) is 125 Å². The van der Waals surface area contributed by atoms with Crippen molar-refractivity contribution in [3.63, 3.8) is 0 Å². The molecule has 0 fully saturated rings. The minimum atomic E-state index is -1.08. The number of carbonyl (C=O) groups excluding carboxylic acids is 3. The van der Waals surface area contributed by atoms with E-state index in [0.717, 1.165) is 5.56 Å². The Morgan fingerprint density at radius 3 is 2.10 bits per heavy atom. The number of carbonyl (C=O) groups is 4. The predicted octanol–water partition coefficient (Wildman–Crippen LogP) is 3.46. The highest BCUT2D eigenvalue weighted by Crippen LogP contribution is 2.31. The molecule has 3 amide bonds. The average Bonchev–Trinajstić information content (AvgIpc) is 2.84. The van der Waals surface area contributed by atoms with Gasteiger partial charge >= 0.3 is 12.1 Å². The lowest BCUT2D eigenvalue weighted by Gasteiger charge is -2.41. The van der Waals surface area contributed by atoms with E-state index in [4.69, 9.17) is 14.6 Å². The van der Waals surface area contributed by atoms with Gasteiger partial charge in [0.25, 0.3) is 0 Å². The van der Waals surface area contributed by atoms with E-state index < -0.39 is 52.9 Å². The van der Waals surface area contributed by atoms with E-state index in [1.54, 1.807) is 27.7 Å². The van der Waals surface area contributed by atoms with Crippen LogP contribution < -0.4 is 5.32 Å². The van der Waals surface area contributed by atoms with Crippen LogP contribution >= 0.6 is 0 Å². The molecular formula is C29H45N3O7. The molecule has 3 atom stereocenters. The second kappa shape index (κ2) is 14.1. The quantitative estimate of drug-likeness (QED) is 0.384. The second-order valence-corrected chi connectivity index (χ2v) is 11.4. The molecular weight excluding hydrogens is 502 g/mol. The molecule has 0 bridgehead atoms. The van der Waals surface area contributed by atoms with E-state index in [1.807, 2.05) is 44.2 Å². The monoisotopic (exact) mass is 547 g/mol. The number of aliphatic carboxylic acids is 1.